The Morgan fingerprint density at radius 2 is 1.96 bits per heavy atom. The summed E-state index contributed by atoms with van der Waals surface area (Å²) in [6.45, 7) is 12.5. The Labute approximate surface area is 158 Å². The van der Waals surface area contributed by atoms with Gasteiger partial charge >= 0.3 is 0 Å². The predicted octanol–water partition coefficient (Wildman–Crippen LogP) is 2.11. The smallest absolute Gasteiger partial charge is 0.191 e. The third-order valence-corrected chi connectivity index (χ3v) is 4.78. The highest BCUT2D eigenvalue weighted by Gasteiger charge is 2.12. The number of nitrogens with zero attached hydrogens (tertiary/aromatic N) is 2. The lowest BCUT2D eigenvalue weighted by Crippen LogP contribution is -2.43. The van der Waals surface area contributed by atoms with Crippen LogP contribution in [0, 0.1) is 5.92 Å². The lowest BCUT2D eigenvalue weighted by Gasteiger charge is -2.26. The maximum atomic E-state index is 6.04. The minimum absolute atomic E-state index is 0.362. The van der Waals surface area contributed by atoms with Crippen LogP contribution in [0.3, 0.4) is 0 Å². The number of ether oxygens (including phenoxy) is 2. The van der Waals surface area contributed by atoms with Crippen molar-refractivity contribution in [3.63, 3.8) is 0 Å². The molecule has 1 unspecified atom stereocenters. The van der Waals surface area contributed by atoms with E-state index in [-0.39, 0.29) is 0 Å². The number of guanidine groups is 1. The van der Waals surface area contributed by atoms with Gasteiger partial charge in [-0.2, -0.15) is 0 Å². The van der Waals surface area contributed by atoms with Gasteiger partial charge in [0.1, 0.15) is 12.4 Å². The van der Waals surface area contributed by atoms with Gasteiger partial charge in [0.15, 0.2) is 5.96 Å². The quantitative estimate of drug-likeness (QED) is 0.548. The zero-order chi connectivity index (χ0) is 18.8. The summed E-state index contributed by atoms with van der Waals surface area (Å²) in [6.07, 6.45) is 0. The highest BCUT2D eigenvalue weighted by atomic mass is 16.5. The van der Waals surface area contributed by atoms with Gasteiger partial charge in [-0.15, -0.1) is 0 Å². The van der Waals surface area contributed by atoms with Crippen molar-refractivity contribution in [2.24, 2.45) is 10.9 Å². The van der Waals surface area contributed by atoms with Gasteiger partial charge in [0.05, 0.1) is 13.2 Å². The highest BCUT2D eigenvalue weighted by molar-refractivity contribution is 5.80. The molecule has 1 aliphatic rings. The topological polar surface area (TPSA) is 58.1 Å². The standard InChI is InChI=1S/C20H34N4O2/c1-16(2)17(3)23-20(21-4)22-15-18-7-5-6-8-19(18)26-14-11-24-9-12-25-13-10-24/h5-8,16-17H,9-15H2,1-4H3,(H2,21,22,23). The van der Waals surface area contributed by atoms with E-state index >= 15 is 0 Å². The Bertz CT molecular complexity index is 556. The number of hydrogen-bond donors (Lipinski definition) is 2. The average Bonchev–Trinajstić information content (AvgIpc) is 2.66. The summed E-state index contributed by atoms with van der Waals surface area (Å²) in [7, 11) is 1.80. The van der Waals surface area contributed by atoms with Gasteiger partial charge in [0, 0.05) is 44.8 Å². The van der Waals surface area contributed by atoms with E-state index in [1.807, 2.05) is 18.2 Å². The van der Waals surface area contributed by atoms with E-state index in [2.05, 4.69) is 47.4 Å². The normalized spacial score (nSPS) is 17.2. The van der Waals surface area contributed by atoms with E-state index in [0.717, 1.165) is 50.1 Å². The molecule has 1 saturated heterocycles. The van der Waals surface area contributed by atoms with Crippen LogP contribution in [0.25, 0.3) is 0 Å². The zero-order valence-electron chi connectivity index (χ0n) is 16.6. The maximum absolute atomic E-state index is 6.04. The van der Waals surface area contributed by atoms with Crippen LogP contribution in [-0.4, -0.2) is 63.4 Å². The molecule has 1 aromatic rings. The van der Waals surface area contributed by atoms with Crippen LogP contribution in [0.2, 0.25) is 0 Å². The molecule has 0 amide bonds. The van der Waals surface area contributed by atoms with Crippen molar-refractivity contribution in [2.75, 3.05) is 46.5 Å². The van der Waals surface area contributed by atoms with Gasteiger partial charge in [0.25, 0.3) is 0 Å². The van der Waals surface area contributed by atoms with Crippen LogP contribution in [0.4, 0.5) is 0 Å². The predicted molar refractivity (Wildman–Crippen MR) is 107 cm³/mol. The van der Waals surface area contributed by atoms with E-state index in [1.165, 1.54) is 0 Å². The molecule has 6 nitrogen and oxygen atoms in total. The zero-order valence-corrected chi connectivity index (χ0v) is 16.6. The lowest BCUT2D eigenvalue weighted by molar-refractivity contribution is 0.0322. The molecule has 1 fully saturated rings. The van der Waals surface area contributed by atoms with Gasteiger partial charge in [-0.05, 0) is 18.9 Å². The molecule has 0 aliphatic carbocycles. The molecule has 1 aliphatic heterocycles. The summed E-state index contributed by atoms with van der Waals surface area (Å²) in [6, 6.07) is 8.54. The minimum Gasteiger partial charge on any atom is -0.492 e. The van der Waals surface area contributed by atoms with Crippen molar-refractivity contribution in [3.8, 4) is 5.75 Å². The molecule has 146 valence electrons. The summed E-state index contributed by atoms with van der Waals surface area (Å²) in [5, 5.41) is 6.81. The fourth-order valence-electron chi connectivity index (χ4n) is 2.66. The summed E-state index contributed by atoms with van der Waals surface area (Å²) >= 11 is 0. The molecule has 2 N–H and O–H groups in total. The number of hydrogen-bond acceptors (Lipinski definition) is 4. The first-order valence-electron chi connectivity index (χ1n) is 9.58. The maximum Gasteiger partial charge on any atom is 0.191 e. The fraction of sp³-hybridized carbons (Fsp3) is 0.650. The average molecular weight is 363 g/mol. The molecule has 1 atom stereocenters. The number of benzene rings is 1. The molecular formula is C20H34N4O2. The molecule has 26 heavy (non-hydrogen) atoms. The third kappa shape index (κ3) is 6.84. The van der Waals surface area contributed by atoms with Crippen molar-refractivity contribution >= 4 is 5.96 Å². The van der Waals surface area contributed by atoms with Crippen LogP contribution in [-0.2, 0) is 11.3 Å². The second kappa shape index (κ2) is 11.0. The van der Waals surface area contributed by atoms with Crippen LogP contribution in [0.15, 0.2) is 29.3 Å². The van der Waals surface area contributed by atoms with Gasteiger partial charge in [0.2, 0.25) is 0 Å². The lowest BCUT2D eigenvalue weighted by atomic mass is 10.1. The van der Waals surface area contributed by atoms with E-state index in [9.17, 15) is 0 Å². The van der Waals surface area contributed by atoms with E-state index < -0.39 is 0 Å². The first-order chi connectivity index (χ1) is 12.6. The Hall–Kier alpha value is -1.79. The molecule has 0 radical (unpaired) electrons. The van der Waals surface area contributed by atoms with Crippen LogP contribution < -0.4 is 15.4 Å². The van der Waals surface area contributed by atoms with Crippen molar-refractivity contribution in [3.05, 3.63) is 29.8 Å². The Morgan fingerprint density at radius 3 is 2.65 bits per heavy atom. The molecule has 1 aromatic carbocycles. The van der Waals surface area contributed by atoms with Gasteiger partial charge in [-0.1, -0.05) is 32.0 Å². The monoisotopic (exact) mass is 362 g/mol. The number of rotatable bonds is 8. The fourth-order valence-corrected chi connectivity index (χ4v) is 2.66. The molecule has 0 saturated carbocycles. The van der Waals surface area contributed by atoms with Crippen molar-refractivity contribution in [1.82, 2.24) is 15.5 Å². The number of para-hydroxylation sites is 1. The summed E-state index contributed by atoms with van der Waals surface area (Å²) in [5.41, 5.74) is 1.13. The SMILES string of the molecule is CN=C(NCc1ccccc1OCCN1CCOCC1)NC(C)C(C)C. The Kier molecular flexibility index (Phi) is 8.71. The van der Waals surface area contributed by atoms with E-state index in [4.69, 9.17) is 9.47 Å². The summed E-state index contributed by atoms with van der Waals surface area (Å²) in [5.74, 6) is 2.29. The minimum atomic E-state index is 0.362. The van der Waals surface area contributed by atoms with Crippen LogP contribution >= 0.6 is 0 Å². The Balaban J connectivity index is 1.83. The Morgan fingerprint density at radius 1 is 1.23 bits per heavy atom. The van der Waals surface area contributed by atoms with Crippen molar-refractivity contribution in [2.45, 2.75) is 33.4 Å². The molecule has 0 aromatic heterocycles. The highest BCUT2D eigenvalue weighted by Crippen LogP contribution is 2.17. The van der Waals surface area contributed by atoms with E-state index in [1.54, 1.807) is 7.05 Å². The number of morpholine rings is 1. The summed E-state index contributed by atoms with van der Waals surface area (Å²) < 4.78 is 11.4. The number of nitrogens with one attached hydrogen (secondary N) is 2. The second-order valence-electron chi connectivity index (χ2n) is 7.01. The van der Waals surface area contributed by atoms with Gasteiger partial charge < -0.3 is 20.1 Å². The van der Waals surface area contributed by atoms with E-state index in [0.29, 0.717) is 25.1 Å². The van der Waals surface area contributed by atoms with Crippen LogP contribution in [0.1, 0.15) is 26.3 Å². The third-order valence-electron chi connectivity index (χ3n) is 4.78. The molecule has 2 rings (SSSR count). The molecule has 6 heteroatoms. The van der Waals surface area contributed by atoms with Crippen molar-refractivity contribution < 1.29 is 9.47 Å². The first-order valence-corrected chi connectivity index (χ1v) is 9.58. The van der Waals surface area contributed by atoms with Crippen molar-refractivity contribution in [1.29, 1.82) is 0 Å². The number of aliphatic imine (C=N–C) groups is 1. The summed E-state index contributed by atoms with van der Waals surface area (Å²) in [4.78, 5) is 6.69. The largest absolute Gasteiger partial charge is 0.492 e. The molecule has 0 spiro atoms. The second-order valence-corrected chi connectivity index (χ2v) is 7.01. The van der Waals surface area contributed by atoms with Gasteiger partial charge in [-0.25, -0.2) is 0 Å². The molecule has 0 bridgehead atoms. The first kappa shape index (κ1) is 20.5. The van der Waals surface area contributed by atoms with Gasteiger partial charge in [-0.3, -0.25) is 9.89 Å². The van der Waals surface area contributed by atoms with Crippen LogP contribution in [0.5, 0.6) is 5.75 Å². The molecule has 1 heterocycles. The molecular weight excluding hydrogens is 328 g/mol.